The highest BCUT2D eigenvalue weighted by molar-refractivity contribution is 6.10. The van der Waals surface area contributed by atoms with E-state index in [0.717, 1.165) is 6.08 Å². The quantitative estimate of drug-likeness (QED) is 0.556. The number of amides is 1. The molecule has 2 aromatic carbocycles. The van der Waals surface area contributed by atoms with Crippen LogP contribution in [0.4, 0.5) is 5.69 Å². The maximum Gasteiger partial charge on any atom is 0.266 e. The monoisotopic (exact) mass is 374 g/mol. The number of carbonyl (C=O) groups excluding carboxylic acids is 1. The number of benzene rings is 2. The first-order valence-electron chi connectivity index (χ1n) is 8.32. The SMILES string of the molecule is COc1ccc(NC(=O)/C(C#N)=C/c2c([O-])c3ccccc3n(C)c2=O)cc1. The van der Waals surface area contributed by atoms with Gasteiger partial charge >= 0.3 is 0 Å². The van der Waals surface area contributed by atoms with E-state index in [4.69, 9.17) is 4.74 Å². The van der Waals surface area contributed by atoms with Crippen LogP contribution in [0.5, 0.6) is 11.5 Å². The highest BCUT2D eigenvalue weighted by Gasteiger charge is 2.13. The lowest BCUT2D eigenvalue weighted by Gasteiger charge is -2.17. The van der Waals surface area contributed by atoms with Crippen molar-refractivity contribution < 1.29 is 14.6 Å². The molecule has 0 atom stereocenters. The van der Waals surface area contributed by atoms with E-state index in [1.165, 1.54) is 18.7 Å². The first-order valence-corrected chi connectivity index (χ1v) is 8.32. The number of methoxy groups -OCH3 is 1. The molecule has 0 saturated carbocycles. The number of ether oxygens (including phenoxy) is 1. The molecule has 28 heavy (non-hydrogen) atoms. The summed E-state index contributed by atoms with van der Waals surface area (Å²) in [5, 5.41) is 25.0. The van der Waals surface area contributed by atoms with E-state index in [2.05, 4.69) is 5.32 Å². The molecule has 0 radical (unpaired) electrons. The molecule has 3 aromatic rings. The van der Waals surface area contributed by atoms with Crippen molar-refractivity contribution in [1.82, 2.24) is 4.57 Å². The van der Waals surface area contributed by atoms with Crippen molar-refractivity contribution >= 4 is 28.6 Å². The largest absolute Gasteiger partial charge is 0.871 e. The van der Waals surface area contributed by atoms with Crippen LogP contribution in [-0.4, -0.2) is 17.6 Å². The smallest absolute Gasteiger partial charge is 0.266 e. The van der Waals surface area contributed by atoms with Crippen LogP contribution in [-0.2, 0) is 11.8 Å². The first-order chi connectivity index (χ1) is 13.5. The van der Waals surface area contributed by atoms with Crippen molar-refractivity contribution in [3.63, 3.8) is 0 Å². The van der Waals surface area contributed by atoms with Crippen LogP contribution < -0.4 is 20.7 Å². The molecule has 0 spiro atoms. The van der Waals surface area contributed by atoms with E-state index in [1.807, 2.05) is 0 Å². The third-order valence-electron chi connectivity index (χ3n) is 4.29. The number of nitriles is 1. The van der Waals surface area contributed by atoms with Gasteiger partial charge in [-0.05, 0) is 41.8 Å². The number of pyridine rings is 1. The van der Waals surface area contributed by atoms with Crippen LogP contribution in [0, 0.1) is 11.3 Å². The topological polar surface area (TPSA) is 107 Å². The van der Waals surface area contributed by atoms with Crippen LogP contribution in [0.3, 0.4) is 0 Å². The summed E-state index contributed by atoms with van der Waals surface area (Å²) in [6.07, 6.45) is 1.04. The van der Waals surface area contributed by atoms with Gasteiger partial charge in [-0.2, -0.15) is 5.26 Å². The zero-order valence-corrected chi connectivity index (χ0v) is 15.2. The lowest BCUT2D eigenvalue weighted by Crippen LogP contribution is -2.22. The minimum Gasteiger partial charge on any atom is -0.871 e. The summed E-state index contributed by atoms with van der Waals surface area (Å²) in [7, 11) is 3.06. The van der Waals surface area contributed by atoms with Crippen molar-refractivity contribution in [1.29, 1.82) is 5.26 Å². The lowest BCUT2D eigenvalue weighted by atomic mass is 10.1. The fourth-order valence-corrected chi connectivity index (χ4v) is 2.78. The van der Waals surface area contributed by atoms with Gasteiger partial charge in [-0.25, -0.2) is 0 Å². The van der Waals surface area contributed by atoms with E-state index < -0.39 is 17.2 Å². The molecule has 3 rings (SSSR count). The van der Waals surface area contributed by atoms with Crippen molar-refractivity contribution in [3.8, 4) is 17.6 Å². The normalized spacial score (nSPS) is 11.1. The van der Waals surface area contributed by atoms with Gasteiger partial charge < -0.3 is 19.7 Å². The Morgan fingerprint density at radius 1 is 1.21 bits per heavy atom. The third kappa shape index (κ3) is 3.44. The molecule has 140 valence electrons. The average Bonchev–Trinajstić information content (AvgIpc) is 2.72. The van der Waals surface area contributed by atoms with Crippen LogP contribution in [0.25, 0.3) is 17.0 Å². The highest BCUT2D eigenvalue weighted by Crippen LogP contribution is 2.25. The molecule has 0 bridgehead atoms. The van der Waals surface area contributed by atoms with Crippen molar-refractivity contribution in [3.05, 3.63) is 70.0 Å². The van der Waals surface area contributed by atoms with Gasteiger partial charge in [-0.3, -0.25) is 9.59 Å². The summed E-state index contributed by atoms with van der Waals surface area (Å²) < 4.78 is 6.36. The Morgan fingerprint density at radius 2 is 1.89 bits per heavy atom. The zero-order valence-electron chi connectivity index (χ0n) is 15.2. The second-order valence-electron chi connectivity index (χ2n) is 5.98. The number of anilines is 1. The van der Waals surface area contributed by atoms with Crippen LogP contribution in [0.2, 0.25) is 0 Å². The molecule has 0 aliphatic rings. The van der Waals surface area contributed by atoms with Gasteiger partial charge in [0.25, 0.3) is 11.5 Å². The number of nitrogens with zero attached hydrogens (tertiary/aromatic N) is 2. The number of hydrogen-bond acceptors (Lipinski definition) is 5. The Morgan fingerprint density at radius 3 is 2.54 bits per heavy atom. The Hall–Kier alpha value is -4.05. The number of aromatic nitrogens is 1. The second-order valence-corrected chi connectivity index (χ2v) is 5.98. The van der Waals surface area contributed by atoms with Gasteiger partial charge in [-0.1, -0.05) is 23.9 Å². The highest BCUT2D eigenvalue weighted by atomic mass is 16.5. The molecule has 0 aliphatic heterocycles. The summed E-state index contributed by atoms with van der Waals surface area (Å²) in [5.74, 6) is -0.629. The molecule has 1 aromatic heterocycles. The van der Waals surface area contributed by atoms with E-state index in [0.29, 0.717) is 22.3 Å². The van der Waals surface area contributed by atoms with Crippen LogP contribution >= 0.6 is 0 Å². The lowest BCUT2D eigenvalue weighted by molar-refractivity contribution is -0.266. The molecule has 0 unspecified atom stereocenters. The van der Waals surface area contributed by atoms with Gasteiger partial charge in [-0.15, -0.1) is 0 Å². The Labute approximate surface area is 160 Å². The van der Waals surface area contributed by atoms with Gasteiger partial charge in [0.1, 0.15) is 17.4 Å². The molecule has 0 aliphatic carbocycles. The molecule has 0 fully saturated rings. The van der Waals surface area contributed by atoms with Crippen molar-refractivity contribution in [2.24, 2.45) is 7.05 Å². The number of rotatable bonds is 4. The average molecular weight is 374 g/mol. The summed E-state index contributed by atoms with van der Waals surface area (Å²) in [5.41, 5.74) is -0.229. The standard InChI is InChI=1S/C21H17N3O4/c1-24-18-6-4-3-5-16(18)19(25)17(21(24)27)11-13(12-22)20(26)23-14-7-9-15(28-2)10-8-14/h3-11,25H,1-2H3,(H,23,26)/p-1/b13-11+. The van der Waals surface area contributed by atoms with Gasteiger partial charge in [0.05, 0.1) is 12.6 Å². The summed E-state index contributed by atoms with van der Waals surface area (Å²) in [4.78, 5) is 25.0. The van der Waals surface area contributed by atoms with Crippen molar-refractivity contribution in [2.45, 2.75) is 0 Å². The fourth-order valence-electron chi connectivity index (χ4n) is 2.78. The maximum absolute atomic E-state index is 12.7. The molecule has 1 amide bonds. The molecule has 1 heterocycles. The molecule has 7 heteroatoms. The van der Waals surface area contributed by atoms with Crippen LogP contribution in [0.1, 0.15) is 5.56 Å². The van der Waals surface area contributed by atoms with Crippen LogP contribution in [0.15, 0.2) is 58.9 Å². The minimum atomic E-state index is -0.720. The number of para-hydroxylation sites is 1. The van der Waals surface area contributed by atoms with E-state index in [-0.39, 0.29) is 11.1 Å². The van der Waals surface area contributed by atoms with E-state index in [9.17, 15) is 20.0 Å². The number of aryl methyl sites for hydroxylation is 1. The summed E-state index contributed by atoms with van der Waals surface area (Å²) >= 11 is 0. The van der Waals surface area contributed by atoms with Gasteiger partial charge in [0, 0.05) is 18.3 Å². The predicted octanol–water partition coefficient (Wildman–Crippen LogP) is 2.17. The molecule has 7 nitrogen and oxygen atoms in total. The fraction of sp³-hybridized carbons (Fsp3) is 0.0952. The molecular weight excluding hydrogens is 358 g/mol. The number of nitrogens with one attached hydrogen (secondary N) is 1. The Kier molecular flexibility index (Phi) is 5.14. The zero-order chi connectivity index (χ0) is 20.3. The number of carbonyl (C=O) groups is 1. The summed E-state index contributed by atoms with van der Waals surface area (Å²) in [6.45, 7) is 0. The molecule has 1 N–H and O–H groups in total. The number of hydrogen-bond donors (Lipinski definition) is 1. The number of fused-ring (bicyclic) bond motifs is 1. The predicted molar refractivity (Wildman–Crippen MR) is 104 cm³/mol. The molecule has 0 saturated heterocycles. The minimum absolute atomic E-state index is 0.234. The third-order valence-corrected chi connectivity index (χ3v) is 4.29. The Balaban J connectivity index is 2.01. The van der Waals surface area contributed by atoms with Gasteiger partial charge in [0.15, 0.2) is 0 Å². The Bertz CT molecular complexity index is 1190. The summed E-state index contributed by atoms with van der Waals surface area (Å²) in [6, 6.07) is 14.9. The first kappa shape index (κ1) is 18.7. The van der Waals surface area contributed by atoms with E-state index >= 15 is 0 Å². The second kappa shape index (κ2) is 7.68. The van der Waals surface area contributed by atoms with Gasteiger partial charge in [0.2, 0.25) is 0 Å². The maximum atomic E-state index is 12.7. The van der Waals surface area contributed by atoms with E-state index in [1.54, 1.807) is 54.6 Å². The molecular formula is C21H16N3O4-. The van der Waals surface area contributed by atoms with Crippen molar-refractivity contribution in [2.75, 3.05) is 12.4 Å².